The molecule has 1 aliphatic heterocycles. The SMILES string of the molecule is C1Cc2[nH]nc(OC3CNC3)c2C1. The van der Waals surface area contributed by atoms with E-state index in [4.69, 9.17) is 4.74 Å². The smallest absolute Gasteiger partial charge is 0.236 e. The summed E-state index contributed by atoms with van der Waals surface area (Å²) in [6.07, 6.45) is 3.84. The van der Waals surface area contributed by atoms with Crippen molar-refractivity contribution in [2.45, 2.75) is 25.4 Å². The van der Waals surface area contributed by atoms with Crippen LogP contribution in [-0.4, -0.2) is 29.4 Å². The van der Waals surface area contributed by atoms with Gasteiger partial charge in [0.05, 0.1) is 0 Å². The fourth-order valence-electron chi connectivity index (χ4n) is 1.89. The zero-order chi connectivity index (χ0) is 8.67. The van der Waals surface area contributed by atoms with E-state index in [-0.39, 0.29) is 0 Å². The minimum Gasteiger partial charge on any atom is -0.470 e. The Kier molecular flexibility index (Phi) is 1.55. The molecule has 1 fully saturated rings. The van der Waals surface area contributed by atoms with Gasteiger partial charge < -0.3 is 10.1 Å². The molecular weight excluding hydrogens is 166 g/mol. The van der Waals surface area contributed by atoms with E-state index in [2.05, 4.69) is 15.5 Å². The Bertz CT molecular complexity index is 317. The Labute approximate surface area is 76.7 Å². The maximum atomic E-state index is 5.73. The highest BCUT2D eigenvalue weighted by Gasteiger charge is 2.24. The van der Waals surface area contributed by atoms with Crippen molar-refractivity contribution in [3.63, 3.8) is 0 Å². The molecule has 13 heavy (non-hydrogen) atoms. The fraction of sp³-hybridized carbons (Fsp3) is 0.667. The minimum absolute atomic E-state index is 0.341. The molecule has 1 aromatic heterocycles. The first-order chi connectivity index (χ1) is 6.43. The van der Waals surface area contributed by atoms with Crippen molar-refractivity contribution in [2.75, 3.05) is 13.1 Å². The van der Waals surface area contributed by atoms with E-state index >= 15 is 0 Å². The molecule has 2 N–H and O–H groups in total. The number of H-pyrrole nitrogens is 1. The van der Waals surface area contributed by atoms with Crippen molar-refractivity contribution < 1.29 is 4.74 Å². The van der Waals surface area contributed by atoms with E-state index in [1.807, 2.05) is 0 Å². The van der Waals surface area contributed by atoms with Crippen molar-refractivity contribution >= 4 is 0 Å². The monoisotopic (exact) mass is 179 g/mol. The Morgan fingerprint density at radius 3 is 3.00 bits per heavy atom. The lowest BCUT2D eigenvalue weighted by molar-refractivity contribution is 0.135. The van der Waals surface area contributed by atoms with Crippen molar-refractivity contribution in [3.05, 3.63) is 11.3 Å². The van der Waals surface area contributed by atoms with Crippen LogP contribution in [-0.2, 0) is 12.8 Å². The third-order valence-electron chi connectivity index (χ3n) is 2.79. The summed E-state index contributed by atoms with van der Waals surface area (Å²) in [6, 6.07) is 0. The second kappa shape index (κ2) is 2.73. The highest BCUT2D eigenvalue weighted by Crippen LogP contribution is 2.28. The number of aromatic amines is 1. The second-order valence-corrected chi connectivity index (χ2v) is 3.74. The van der Waals surface area contributed by atoms with Crippen LogP contribution in [0.2, 0.25) is 0 Å². The topological polar surface area (TPSA) is 49.9 Å². The minimum atomic E-state index is 0.341. The van der Waals surface area contributed by atoms with Crippen LogP contribution in [0.1, 0.15) is 17.7 Å². The van der Waals surface area contributed by atoms with Crippen molar-refractivity contribution in [2.24, 2.45) is 0 Å². The molecule has 0 aromatic carbocycles. The van der Waals surface area contributed by atoms with Gasteiger partial charge in [-0.15, -0.1) is 5.10 Å². The summed E-state index contributed by atoms with van der Waals surface area (Å²) in [5, 5.41) is 10.4. The summed E-state index contributed by atoms with van der Waals surface area (Å²) < 4.78 is 5.73. The van der Waals surface area contributed by atoms with E-state index in [0.29, 0.717) is 6.10 Å². The molecule has 4 heteroatoms. The van der Waals surface area contributed by atoms with Gasteiger partial charge in [-0.1, -0.05) is 0 Å². The first-order valence-electron chi connectivity index (χ1n) is 4.87. The molecule has 0 bridgehead atoms. The molecule has 1 aliphatic carbocycles. The van der Waals surface area contributed by atoms with E-state index in [0.717, 1.165) is 31.8 Å². The zero-order valence-electron chi connectivity index (χ0n) is 7.47. The van der Waals surface area contributed by atoms with Crippen molar-refractivity contribution in [1.82, 2.24) is 15.5 Å². The summed E-state index contributed by atoms with van der Waals surface area (Å²) in [4.78, 5) is 0. The molecule has 1 saturated heterocycles. The average Bonchev–Trinajstić information content (AvgIpc) is 2.58. The van der Waals surface area contributed by atoms with Crippen LogP contribution >= 0.6 is 0 Å². The number of rotatable bonds is 2. The van der Waals surface area contributed by atoms with E-state index < -0.39 is 0 Å². The van der Waals surface area contributed by atoms with Gasteiger partial charge in [0.15, 0.2) is 0 Å². The first kappa shape index (κ1) is 7.38. The number of hydrogen-bond donors (Lipinski definition) is 2. The van der Waals surface area contributed by atoms with E-state index in [1.54, 1.807) is 0 Å². The largest absolute Gasteiger partial charge is 0.470 e. The van der Waals surface area contributed by atoms with Crippen LogP contribution in [0.5, 0.6) is 5.88 Å². The number of aryl methyl sites for hydroxylation is 1. The fourth-order valence-corrected chi connectivity index (χ4v) is 1.89. The van der Waals surface area contributed by atoms with Crippen LogP contribution in [0.3, 0.4) is 0 Å². The molecule has 4 nitrogen and oxygen atoms in total. The Morgan fingerprint density at radius 2 is 2.23 bits per heavy atom. The maximum absolute atomic E-state index is 5.73. The average molecular weight is 179 g/mol. The summed E-state index contributed by atoms with van der Waals surface area (Å²) in [6.45, 7) is 1.92. The van der Waals surface area contributed by atoms with E-state index in [9.17, 15) is 0 Å². The third kappa shape index (κ3) is 1.13. The number of hydrogen-bond acceptors (Lipinski definition) is 3. The normalized spacial score (nSPS) is 21.2. The highest BCUT2D eigenvalue weighted by atomic mass is 16.5. The van der Waals surface area contributed by atoms with Gasteiger partial charge in [-0.2, -0.15) is 0 Å². The number of fused-ring (bicyclic) bond motifs is 1. The van der Waals surface area contributed by atoms with Gasteiger partial charge in [0, 0.05) is 24.3 Å². The van der Waals surface area contributed by atoms with Crippen LogP contribution in [0.25, 0.3) is 0 Å². The van der Waals surface area contributed by atoms with Gasteiger partial charge in [-0.3, -0.25) is 5.10 Å². The number of aromatic nitrogens is 2. The lowest BCUT2D eigenvalue weighted by Crippen LogP contribution is -2.50. The van der Waals surface area contributed by atoms with Gasteiger partial charge >= 0.3 is 0 Å². The molecule has 1 aromatic rings. The van der Waals surface area contributed by atoms with Gasteiger partial charge in [0.2, 0.25) is 5.88 Å². The predicted octanol–water partition coefficient (Wildman–Crippen LogP) is 0.249. The second-order valence-electron chi connectivity index (χ2n) is 3.74. The Morgan fingerprint density at radius 1 is 1.31 bits per heavy atom. The maximum Gasteiger partial charge on any atom is 0.236 e. The zero-order valence-corrected chi connectivity index (χ0v) is 7.47. The molecule has 3 rings (SSSR count). The van der Waals surface area contributed by atoms with Gasteiger partial charge in [0.25, 0.3) is 0 Å². The molecule has 0 atom stereocenters. The molecule has 0 unspecified atom stereocenters. The molecule has 2 aliphatic rings. The lowest BCUT2D eigenvalue weighted by atomic mass is 10.2. The molecule has 0 saturated carbocycles. The van der Waals surface area contributed by atoms with E-state index in [1.165, 1.54) is 17.7 Å². The predicted molar refractivity (Wildman–Crippen MR) is 47.9 cm³/mol. The molecule has 0 amide bonds. The molecule has 0 radical (unpaired) electrons. The number of nitrogens with zero attached hydrogens (tertiary/aromatic N) is 1. The summed E-state index contributed by atoms with van der Waals surface area (Å²) in [5.74, 6) is 0.846. The molecule has 0 spiro atoms. The molecular formula is C9H13N3O. The number of ether oxygens (including phenoxy) is 1. The van der Waals surface area contributed by atoms with Crippen LogP contribution in [0, 0.1) is 0 Å². The standard InChI is InChI=1S/C9H13N3O/c1-2-7-8(3-1)11-12-9(7)13-6-4-10-5-6/h6,10H,1-5H2,(H,11,12). The summed E-state index contributed by atoms with van der Waals surface area (Å²) >= 11 is 0. The third-order valence-corrected chi connectivity index (χ3v) is 2.79. The molecule has 70 valence electrons. The van der Waals surface area contributed by atoms with Crippen LogP contribution in [0.4, 0.5) is 0 Å². The van der Waals surface area contributed by atoms with Gasteiger partial charge in [-0.05, 0) is 19.3 Å². The lowest BCUT2D eigenvalue weighted by Gasteiger charge is -2.26. The van der Waals surface area contributed by atoms with Gasteiger partial charge in [-0.25, -0.2) is 0 Å². The van der Waals surface area contributed by atoms with Crippen LogP contribution in [0.15, 0.2) is 0 Å². The van der Waals surface area contributed by atoms with Gasteiger partial charge in [0.1, 0.15) is 6.10 Å². The van der Waals surface area contributed by atoms with Crippen LogP contribution < -0.4 is 10.1 Å². The Hall–Kier alpha value is -1.03. The summed E-state index contributed by atoms with van der Waals surface area (Å²) in [7, 11) is 0. The first-order valence-corrected chi connectivity index (χ1v) is 4.87. The highest BCUT2D eigenvalue weighted by molar-refractivity contribution is 5.34. The number of nitrogens with one attached hydrogen (secondary N) is 2. The molecule has 2 heterocycles. The Balaban J connectivity index is 1.79. The quantitative estimate of drug-likeness (QED) is 0.684. The van der Waals surface area contributed by atoms with Crippen molar-refractivity contribution in [3.8, 4) is 5.88 Å². The summed E-state index contributed by atoms with van der Waals surface area (Å²) in [5.41, 5.74) is 2.59. The van der Waals surface area contributed by atoms with Crippen molar-refractivity contribution in [1.29, 1.82) is 0 Å².